The zero-order valence-electron chi connectivity index (χ0n) is 47.4. The summed E-state index contributed by atoms with van der Waals surface area (Å²) in [5.41, 5.74) is 2.38. The Balaban J connectivity index is 0.000000522. The highest BCUT2D eigenvalue weighted by molar-refractivity contribution is 6.31. The third kappa shape index (κ3) is 30.5. The van der Waals surface area contributed by atoms with Crippen molar-refractivity contribution < 1.29 is 83.7 Å². The molecule has 0 unspecified atom stereocenters. The molecule has 19 nitrogen and oxygen atoms in total. The molecule has 0 aromatic heterocycles. The number of hydrogen-bond acceptors (Lipinski definition) is 11. The fraction of sp³-hybridized carbons (Fsp3) is 0.435. The van der Waals surface area contributed by atoms with Crippen molar-refractivity contribution in [2.75, 3.05) is 14.2 Å². The van der Waals surface area contributed by atoms with Gasteiger partial charge in [0.25, 0.3) is 5.69 Å². The number of aliphatic carboxylic acids is 6. The smallest absolute Gasteiger partial charge is 0.335 e. The van der Waals surface area contributed by atoms with Gasteiger partial charge in [-0.3, -0.25) is 34.1 Å². The second-order valence-electron chi connectivity index (χ2n) is 19.1. The number of halogens is 1. The molecule has 0 aliphatic heterocycles. The van der Waals surface area contributed by atoms with Gasteiger partial charge in [-0.2, -0.15) is 0 Å². The Labute approximate surface area is 483 Å². The number of methoxy groups -OCH3 is 2. The summed E-state index contributed by atoms with van der Waals surface area (Å²) in [5.74, 6) is -5.57. The number of carboxylic acids is 7. The van der Waals surface area contributed by atoms with Crippen molar-refractivity contribution in [3.05, 3.63) is 128 Å². The molecule has 82 heavy (non-hydrogen) atoms. The topological polar surface area (TPSA) is 323 Å². The molecule has 0 radical (unpaired) electrons. The van der Waals surface area contributed by atoms with Crippen molar-refractivity contribution in [2.45, 2.75) is 162 Å². The first-order chi connectivity index (χ1) is 39.1. The van der Waals surface area contributed by atoms with E-state index in [4.69, 9.17) is 46.6 Å². The average molecular weight is 1160 g/mol. The number of aromatic carboxylic acids is 1. The minimum Gasteiger partial charge on any atom is -0.493 e. The zero-order chi connectivity index (χ0) is 61.4. The summed E-state index contributed by atoms with van der Waals surface area (Å²) in [4.78, 5) is 84.1. The van der Waals surface area contributed by atoms with E-state index >= 15 is 0 Å². The summed E-state index contributed by atoms with van der Waals surface area (Å²) in [6, 6.07) is 21.9. The van der Waals surface area contributed by atoms with Gasteiger partial charge in [-0.15, -0.1) is 0 Å². The van der Waals surface area contributed by atoms with Crippen LogP contribution in [0.2, 0.25) is 5.02 Å². The largest absolute Gasteiger partial charge is 0.493 e. The summed E-state index contributed by atoms with van der Waals surface area (Å²) in [7, 11) is 2.74. The third-order valence-corrected chi connectivity index (χ3v) is 13.1. The number of rotatable bonds is 32. The minimum atomic E-state index is -1.20. The van der Waals surface area contributed by atoms with Crippen molar-refractivity contribution in [1.82, 2.24) is 0 Å². The third-order valence-electron chi connectivity index (χ3n) is 12.6. The highest BCUT2D eigenvalue weighted by Crippen LogP contribution is 2.36. The van der Waals surface area contributed by atoms with Gasteiger partial charge >= 0.3 is 41.8 Å². The predicted molar refractivity (Wildman–Crippen MR) is 316 cm³/mol. The van der Waals surface area contributed by atoms with Gasteiger partial charge in [0.05, 0.1) is 49.2 Å². The standard InChI is InChI=1S/C18H14O4.C15H30O2.C11H11NO6.C10H18O4.C8H7ClO2/c19-17(20)9-15-11-5-1-2-6-12(11)16(10-18(21)22)14-8-4-3-7-13(14)15;1-2-3-4-5-6-7-8-9-10-11-12-13-14-15(16)17;1-17-9-5-7(3-4-11(13)14)8(12(15)16)6-10(9)18-2;11-9(12)7-5-3-1-2-4-6-8-10(13)14;1-5-4-6(8(10)11)2-3-7(5)9/h1-8H,9-10H2,(H,19,20)(H,21,22);2-14H2,1H3,(H,16,17);3-6H,1-2H3,(H,13,14);1-8H2,(H,11,12)(H,13,14);2-4H,1H3,(H,10,11). The van der Waals surface area contributed by atoms with Crippen LogP contribution >= 0.6 is 11.6 Å². The Morgan fingerprint density at radius 1 is 0.512 bits per heavy atom. The molecule has 5 aromatic rings. The summed E-state index contributed by atoms with van der Waals surface area (Å²) in [6.45, 7) is 4.03. The molecule has 0 atom stereocenters. The fourth-order valence-corrected chi connectivity index (χ4v) is 8.60. The Bertz CT molecular complexity index is 2710. The van der Waals surface area contributed by atoms with E-state index in [9.17, 15) is 53.9 Å². The number of carbonyl (C=O) groups is 7. The Kier molecular flexibility index (Phi) is 36.7. The lowest BCUT2D eigenvalue weighted by Crippen LogP contribution is -2.06. The number of aryl methyl sites for hydroxylation is 1. The van der Waals surface area contributed by atoms with E-state index in [1.165, 1.54) is 96.6 Å². The van der Waals surface area contributed by atoms with Crippen LogP contribution in [0.4, 0.5) is 5.69 Å². The Hall–Kier alpha value is -8.06. The molecule has 5 rings (SSSR count). The summed E-state index contributed by atoms with van der Waals surface area (Å²) < 4.78 is 9.93. The lowest BCUT2D eigenvalue weighted by atomic mass is 9.89. The zero-order valence-corrected chi connectivity index (χ0v) is 48.1. The lowest BCUT2D eigenvalue weighted by Gasteiger charge is -2.15. The van der Waals surface area contributed by atoms with E-state index in [0.717, 1.165) is 102 Å². The number of carboxylic acid groups (broad SMARTS) is 7. The van der Waals surface area contributed by atoms with Crippen molar-refractivity contribution >= 4 is 86.7 Å². The molecule has 0 heterocycles. The van der Waals surface area contributed by atoms with Gasteiger partial charge in [-0.05, 0) is 94.8 Å². The maximum Gasteiger partial charge on any atom is 0.335 e. The van der Waals surface area contributed by atoms with Crippen molar-refractivity contribution in [3.8, 4) is 11.5 Å². The molecule has 0 fully saturated rings. The minimum absolute atomic E-state index is 0.0889. The number of fused-ring (bicyclic) bond motifs is 2. The van der Waals surface area contributed by atoms with E-state index in [1.54, 1.807) is 19.1 Å². The fourth-order valence-electron chi connectivity index (χ4n) is 8.48. The van der Waals surface area contributed by atoms with Crippen LogP contribution in [0, 0.1) is 17.0 Å². The second-order valence-corrected chi connectivity index (χ2v) is 19.5. The van der Waals surface area contributed by atoms with Crippen LogP contribution in [-0.2, 0) is 41.6 Å². The number of unbranched alkanes of at least 4 members (excludes halogenated alkanes) is 16. The van der Waals surface area contributed by atoms with Crippen LogP contribution < -0.4 is 9.47 Å². The maximum absolute atomic E-state index is 11.2. The second kappa shape index (κ2) is 41.9. The Morgan fingerprint density at radius 2 is 0.866 bits per heavy atom. The first-order valence-corrected chi connectivity index (χ1v) is 27.8. The first kappa shape index (κ1) is 72.0. The van der Waals surface area contributed by atoms with Crippen LogP contribution in [0.3, 0.4) is 0 Å². The van der Waals surface area contributed by atoms with Crippen LogP contribution in [0.25, 0.3) is 27.6 Å². The average Bonchev–Trinajstić information content (AvgIpc) is 3.32. The normalized spacial score (nSPS) is 10.4. The molecule has 7 N–H and O–H groups in total. The van der Waals surface area contributed by atoms with Gasteiger partial charge in [0.1, 0.15) is 0 Å². The molecule has 0 bridgehead atoms. The van der Waals surface area contributed by atoms with Gasteiger partial charge in [-0.1, -0.05) is 163 Å². The van der Waals surface area contributed by atoms with Gasteiger partial charge in [0, 0.05) is 30.4 Å². The molecule has 0 saturated carbocycles. The van der Waals surface area contributed by atoms with Crippen molar-refractivity contribution in [1.29, 1.82) is 0 Å². The van der Waals surface area contributed by atoms with Gasteiger partial charge in [0.2, 0.25) is 0 Å². The number of nitrogens with zero attached hydrogens (tertiary/aromatic N) is 1. The number of benzene rings is 5. The summed E-state index contributed by atoms with van der Waals surface area (Å²) in [5, 5.41) is 75.3. The monoisotopic (exact) mass is 1160 g/mol. The first-order valence-electron chi connectivity index (χ1n) is 27.4. The SMILES string of the molecule is CCCCCCCCCCCCCCC(=O)O.COc1cc(C=CC(=O)O)c([N+](=O)[O-])cc1OC.Cc1cc(C(=O)O)ccc1Cl.O=C(O)CCCCCCCCC(=O)O.O=C(O)Cc1c2ccccc2c(CC(=O)O)c2ccccc12. The van der Waals surface area contributed by atoms with Crippen LogP contribution in [0.5, 0.6) is 11.5 Å². The summed E-state index contributed by atoms with van der Waals surface area (Å²) >= 11 is 5.69. The molecular formula is C62H80ClNO18. The number of ether oxygens (including phenoxy) is 2. The van der Waals surface area contributed by atoms with Crippen molar-refractivity contribution in [2.24, 2.45) is 0 Å². The van der Waals surface area contributed by atoms with Crippen LogP contribution in [0.1, 0.15) is 174 Å². The molecule has 0 saturated heterocycles. The molecule has 5 aromatic carbocycles. The van der Waals surface area contributed by atoms with E-state index in [2.05, 4.69) is 6.92 Å². The number of hydrogen-bond donors (Lipinski definition) is 7. The molecule has 448 valence electrons. The number of nitro groups is 1. The molecule has 20 heteroatoms. The maximum atomic E-state index is 11.2. The quantitative estimate of drug-likeness (QED) is 0.00691. The van der Waals surface area contributed by atoms with Gasteiger partial charge < -0.3 is 45.2 Å². The highest BCUT2D eigenvalue weighted by atomic mass is 35.5. The number of nitro benzene ring substituents is 1. The van der Waals surface area contributed by atoms with Crippen LogP contribution in [-0.4, -0.2) is 96.7 Å². The molecule has 0 amide bonds. The molecule has 0 aliphatic carbocycles. The molecular weight excluding hydrogens is 1080 g/mol. The van der Waals surface area contributed by atoms with Crippen LogP contribution in [0.15, 0.2) is 84.9 Å². The van der Waals surface area contributed by atoms with E-state index in [0.29, 0.717) is 11.4 Å². The van der Waals surface area contributed by atoms with Gasteiger partial charge in [-0.25, -0.2) is 9.59 Å². The van der Waals surface area contributed by atoms with E-state index in [-0.39, 0.29) is 54.0 Å². The summed E-state index contributed by atoms with van der Waals surface area (Å²) in [6.07, 6.45) is 23.4. The van der Waals surface area contributed by atoms with E-state index in [1.807, 2.05) is 48.5 Å². The Morgan fingerprint density at radius 3 is 1.16 bits per heavy atom. The lowest BCUT2D eigenvalue weighted by molar-refractivity contribution is -0.385. The van der Waals surface area contributed by atoms with E-state index < -0.39 is 46.7 Å². The molecule has 0 spiro atoms. The van der Waals surface area contributed by atoms with Crippen molar-refractivity contribution in [3.63, 3.8) is 0 Å². The molecule has 0 aliphatic rings. The highest BCUT2D eigenvalue weighted by Gasteiger charge is 2.19. The van der Waals surface area contributed by atoms with Gasteiger partial charge in [0.15, 0.2) is 11.5 Å². The predicted octanol–water partition coefficient (Wildman–Crippen LogP) is 14.7.